The van der Waals surface area contributed by atoms with Gasteiger partial charge in [-0.15, -0.1) is 0 Å². The molecular weight excluding hydrogens is 411 g/mol. The summed E-state index contributed by atoms with van der Waals surface area (Å²) in [6.07, 6.45) is -4.66. The minimum atomic E-state index is -4.66. The van der Waals surface area contributed by atoms with Crippen molar-refractivity contribution in [1.29, 1.82) is 0 Å². The summed E-state index contributed by atoms with van der Waals surface area (Å²) >= 11 is 5.96. The van der Waals surface area contributed by atoms with Crippen LogP contribution < -0.4 is 9.46 Å². The topological polar surface area (TPSA) is 82.4 Å². The van der Waals surface area contributed by atoms with Crippen molar-refractivity contribution in [3.63, 3.8) is 0 Å². The number of hydrogen-bond acceptors (Lipinski definition) is 5. The van der Waals surface area contributed by atoms with E-state index in [0.717, 1.165) is 16.8 Å². The maximum atomic E-state index is 13.0. The van der Waals surface area contributed by atoms with Gasteiger partial charge in [0.2, 0.25) is 0 Å². The molecule has 0 spiro atoms. The molecule has 0 bridgehead atoms. The van der Waals surface area contributed by atoms with Crippen molar-refractivity contribution in [3.05, 3.63) is 34.6 Å². The molecular formula is C15H17ClF3N3O4S. The van der Waals surface area contributed by atoms with Gasteiger partial charge in [0.25, 0.3) is 10.0 Å². The number of ether oxygens (including phenoxy) is 2. The lowest BCUT2D eigenvalue weighted by atomic mass is 10.2. The third-order valence-corrected chi connectivity index (χ3v) is 5.53. The summed E-state index contributed by atoms with van der Waals surface area (Å²) in [5.74, 6) is -0.0821. The van der Waals surface area contributed by atoms with Crippen LogP contribution in [0, 0.1) is 6.92 Å². The van der Waals surface area contributed by atoms with Crippen LogP contribution >= 0.6 is 11.6 Å². The largest absolute Gasteiger partial charge is 0.489 e. The third-order valence-electron chi connectivity index (χ3n) is 3.47. The van der Waals surface area contributed by atoms with Crippen LogP contribution in [0.4, 0.5) is 18.9 Å². The summed E-state index contributed by atoms with van der Waals surface area (Å²) < 4.78 is 77.8. The lowest BCUT2D eigenvalue weighted by Gasteiger charge is -2.16. The Hall–Kier alpha value is -1.98. The predicted molar refractivity (Wildman–Crippen MR) is 92.6 cm³/mol. The fourth-order valence-corrected chi connectivity index (χ4v) is 4.07. The van der Waals surface area contributed by atoms with Crippen LogP contribution in [-0.2, 0) is 28.0 Å². The van der Waals surface area contributed by atoms with Gasteiger partial charge in [-0.25, -0.2) is 8.42 Å². The Balaban J connectivity index is 2.47. The molecule has 1 heterocycles. The number of alkyl halides is 3. The zero-order valence-corrected chi connectivity index (χ0v) is 16.2. The van der Waals surface area contributed by atoms with Crippen LogP contribution in [0.1, 0.15) is 11.3 Å². The van der Waals surface area contributed by atoms with Gasteiger partial charge in [0.15, 0.2) is 0 Å². The van der Waals surface area contributed by atoms with Crippen LogP contribution in [0.25, 0.3) is 0 Å². The Morgan fingerprint density at radius 3 is 2.48 bits per heavy atom. The molecule has 0 saturated carbocycles. The van der Waals surface area contributed by atoms with Crippen molar-refractivity contribution in [2.24, 2.45) is 7.05 Å². The van der Waals surface area contributed by atoms with Gasteiger partial charge in [-0.2, -0.15) is 18.3 Å². The Labute approximate surface area is 159 Å². The highest BCUT2D eigenvalue weighted by molar-refractivity contribution is 7.92. The maximum Gasteiger partial charge on any atom is 0.416 e. The second-order valence-electron chi connectivity index (χ2n) is 5.48. The number of anilines is 1. The molecule has 0 aliphatic carbocycles. The summed E-state index contributed by atoms with van der Waals surface area (Å²) in [6, 6.07) is 2.48. The quantitative estimate of drug-likeness (QED) is 0.686. The van der Waals surface area contributed by atoms with E-state index in [1.807, 2.05) is 0 Å². The smallest absolute Gasteiger partial charge is 0.416 e. The first-order chi connectivity index (χ1) is 12.5. The lowest BCUT2D eigenvalue weighted by Crippen LogP contribution is -2.16. The first-order valence-corrected chi connectivity index (χ1v) is 9.38. The standard InChI is InChI=1S/C15H17ClF3N3O4S/c1-9-13(14(16)22(2)20-9)27(23,24)21-11-8-10(15(17,18)19)4-5-12(11)26-7-6-25-3/h4-5,8,21H,6-7H2,1-3H3. The average molecular weight is 428 g/mol. The molecule has 1 aromatic heterocycles. The molecule has 0 unspecified atom stereocenters. The number of aryl methyl sites for hydroxylation is 2. The maximum absolute atomic E-state index is 13.0. The van der Waals surface area contributed by atoms with Crippen molar-refractivity contribution >= 4 is 27.3 Å². The van der Waals surface area contributed by atoms with Gasteiger partial charge in [0.1, 0.15) is 22.4 Å². The van der Waals surface area contributed by atoms with Gasteiger partial charge in [0.05, 0.1) is 23.6 Å². The van der Waals surface area contributed by atoms with Gasteiger partial charge in [-0.1, -0.05) is 11.6 Å². The number of methoxy groups -OCH3 is 1. The van der Waals surface area contributed by atoms with E-state index in [1.165, 1.54) is 21.1 Å². The fraction of sp³-hybridized carbons (Fsp3) is 0.400. The summed E-state index contributed by atoms with van der Waals surface area (Å²) in [7, 11) is -1.45. The Bertz CT molecular complexity index is 929. The Morgan fingerprint density at radius 2 is 1.96 bits per heavy atom. The highest BCUT2D eigenvalue weighted by Gasteiger charge is 2.32. The molecule has 150 valence electrons. The molecule has 0 atom stereocenters. The van der Waals surface area contributed by atoms with E-state index in [-0.39, 0.29) is 40.4 Å². The number of hydrogen-bond donors (Lipinski definition) is 1. The fourth-order valence-electron chi connectivity index (χ4n) is 2.26. The van der Waals surface area contributed by atoms with E-state index in [2.05, 4.69) is 9.82 Å². The van der Waals surface area contributed by atoms with Crippen LogP contribution in [0.5, 0.6) is 5.75 Å². The summed E-state index contributed by atoms with van der Waals surface area (Å²) in [4.78, 5) is -0.327. The lowest BCUT2D eigenvalue weighted by molar-refractivity contribution is -0.137. The minimum Gasteiger partial charge on any atom is -0.489 e. The second kappa shape index (κ2) is 7.95. The summed E-state index contributed by atoms with van der Waals surface area (Å²) in [6.45, 7) is 1.60. The van der Waals surface area contributed by atoms with E-state index in [9.17, 15) is 21.6 Å². The highest BCUT2D eigenvalue weighted by atomic mass is 35.5. The molecule has 0 aliphatic heterocycles. The number of benzene rings is 1. The van der Waals surface area contributed by atoms with Crippen molar-refractivity contribution in [2.45, 2.75) is 18.0 Å². The van der Waals surface area contributed by atoms with E-state index >= 15 is 0 Å². The molecule has 7 nitrogen and oxygen atoms in total. The second-order valence-corrected chi connectivity index (χ2v) is 7.46. The van der Waals surface area contributed by atoms with Crippen molar-refractivity contribution in [1.82, 2.24) is 9.78 Å². The van der Waals surface area contributed by atoms with Crippen molar-refractivity contribution < 1.29 is 31.1 Å². The zero-order chi connectivity index (χ0) is 20.4. The first-order valence-electron chi connectivity index (χ1n) is 7.52. The molecule has 0 radical (unpaired) electrons. The summed E-state index contributed by atoms with van der Waals surface area (Å²) in [5.41, 5.74) is -1.31. The van der Waals surface area contributed by atoms with E-state index in [1.54, 1.807) is 0 Å². The zero-order valence-electron chi connectivity index (χ0n) is 14.6. The molecule has 0 saturated heterocycles. The molecule has 27 heavy (non-hydrogen) atoms. The molecule has 2 aromatic rings. The number of rotatable bonds is 7. The van der Waals surface area contributed by atoms with Crippen molar-refractivity contribution in [3.8, 4) is 5.75 Å². The van der Waals surface area contributed by atoms with Crippen molar-refractivity contribution in [2.75, 3.05) is 25.0 Å². The Morgan fingerprint density at radius 1 is 1.30 bits per heavy atom. The minimum absolute atomic E-state index is 0.0171. The molecule has 1 N–H and O–H groups in total. The first kappa shape index (κ1) is 21.3. The van der Waals surface area contributed by atoms with Gasteiger partial charge < -0.3 is 9.47 Å². The number of nitrogens with zero attached hydrogens (tertiary/aromatic N) is 2. The highest BCUT2D eigenvalue weighted by Crippen LogP contribution is 2.36. The molecule has 1 aromatic carbocycles. The molecule has 0 amide bonds. The number of nitrogens with one attached hydrogen (secondary N) is 1. The van der Waals surface area contributed by atoms with Crippen LogP contribution in [0.2, 0.25) is 5.15 Å². The van der Waals surface area contributed by atoms with E-state index < -0.39 is 21.8 Å². The van der Waals surface area contributed by atoms with E-state index in [4.69, 9.17) is 21.1 Å². The average Bonchev–Trinajstić information content (AvgIpc) is 2.80. The van der Waals surface area contributed by atoms with Crippen LogP contribution in [0.3, 0.4) is 0 Å². The SMILES string of the molecule is COCCOc1ccc(C(F)(F)F)cc1NS(=O)(=O)c1c(C)nn(C)c1Cl. The normalized spacial score (nSPS) is 12.3. The van der Waals surface area contributed by atoms with Gasteiger partial charge in [-0.05, 0) is 25.1 Å². The Kier molecular flexibility index (Phi) is 6.28. The monoisotopic (exact) mass is 427 g/mol. The number of halogens is 4. The number of sulfonamides is 1. The van der Waals surface area contributed by atoms with Gasteiger partial charge >= 0.3 is 6.18 Å². The molecule has 0 fully saturated rings. The van der Waals surface area contributed by atoms with Crippen LogP contribution in [-0.4, -0.2) is 38.5 Å². The van der Waals surface area contributed by atoms with Gasteiger partial charge in [-0.3, -0.25) is 9.40 Å². The molecule has 2 rings (SSSR count). The predicted octanol–water partition coefficient (Wildman–Crippen LogP) is 3.23. The third kappa shape index (κ3) is 4.85. The molecule has 0 aliphatic rings. The van der Waals surface area contributed by atoms with Gasteiger partial charge in [0, 0.05) is 14.2 Å². The molecule has 12 heteroatoms. The number of aromatic nitrogens is 2. The summed E-state index contributed by atoms with van der Waals surface area (Å²) in [5, 5.41) is 3.72. The van der Waals surface area contributed by atoms with Crippen LogP contribution in [0.15, 0.2) is 23.1 Å². The van der Waals surface area contributed by atoms with E-state index in [0.29, 0.717) is 6.07 Å².